The summed E-state index contributed by atoms with van der Waals surface area (Å²) in [5.41, 5.74) is 0.528. The highest BCUT2D eigenvalue weighted by molar-refractivity contribution is 9.10. The fraction of sp³-hybridized carbons (Fsp3) is 0.611. The molecule has 2 rings (SSSR count). The Morgan fingerprint density at radius 3 is 2.70 bits per heavy atom. The lowest BCUT2D eigenvalue weighted by Gasteiger charge is -2.34. The Hall–Kier alpha value is -0.580. The van der Waals surface area contributed by atoms with Crippen molar-refractivity contribution in [2.24, 2.45) is 11.8 Å². The maximum absolute atomic E-state index is 12.1. The number of benzene rings is 1. The molecule has 1 amide bonds. The third kappa shape index (κ3) is 6.09. The van der Waals surface area contributed by atoms with Gasteiger partial charge in [0.15, 0.2) is 0 Å². The Morgan fingerprint density at radius 1 is 1.30 bits per heavy atom. The van der Waals surface area contributed by atoms with E-state index < -0.39 is 0 Å². The molecule has 0 saturated carbocycles. The van der Waals surface area contributed by atoms with Crippen molar-refractivity contribution in [1.82, 2.24) is 10.2 Å². The number of amides is 1. The van der Waals surface area contributed by atoms with Crippen molar-refractivity contribution >= 4 is 33.4 Å². The molecule has 128 valence electrons. The summed E-state index contributed by atoms with van der Waals surface area (Å²) < 4.78 is 0.861. The highest BCUT2D eigenvalue weighted by atomic mass is 79.9. The molecule has 1 aliphatic rings. The van der Waals surface area contributed by atoms with Gasteiger partial charge < -0.3 is 10.2 Å². The first-order chi connectivity index (χ1) is 11.0. The van der Waals surface area contributed by atoms with Crippen molar-refractivity contribution in [3.05, 3.63) is 33.3 Å². The Morgan fingerprint density at radius 2 is 2.00 bits per heavy atom. The average Bonchev–Trinajstić information content (AvgIpc) is 2.48. The van der Waals surface area contributed by atoms with Crippen molar-refractivity contribution in [3.63, 3.8) is 0 Å². The maximum Gasteiger partial charge on any atom is 0.252 e. The normalized spacial score (nSPS) is 22.1. The molecular weight excluding hydrogens is 376 g/mol. The van der Waals surface area contributed by atoms with E-state index >= 15 is 0 Å². The highest BCUT2D eigenvalue weighted by Crippen LogP contribution is 2.22. The van der Waals surface area contributed by atoms with Gasteiger partial charge in [-0.05, 0) is 55.8 Å². The largest absolute Gasteiger partial charge is 0.352 e. The van der Waals surface area contributed by atoms with Crippen LogP contribution in [-0.2, 0) is 0 Å². The first-order valence-corrected chi connectivity index (χ1v) is 9.58. The van der Waals surface area contributed by atoms with Crippen molar-refractivity contribution < 1.29 is 4.79 Å². The molecule has 0 aliphatic carbocycles. The van der Waals surface area contributed by atoms with E-state index in [1.54, 1.807) is 12.1 Å². The number of hydrogen-bond donors (Lipinski definition) is 1. The summed E-state index contributed by atoms with van der Waals surface area (Å²) in [6, 6.07) is 5.33. The van der Waals surface area contributed by atoms with E-state index in [1.807, 2.05) is 6.07 Å². The lowest BCUT2D eigenvalue weighted by molar-refractivity contribution is 0.0951. The molecule has 1 aromatic carbocycles. The number of hydrogen-bond acceptors (Lipinski definition) is 2. The predicted molar refractivity (Wildman–Crippen MR) is 100 cm³/mol. The molecule has 1 fully saturated rings. The fourth-order valence-electron chi connectivity index (χ4n) is 3.40. The summed E-state index contributed by atoms with van der Waals surface area (Å²) in [6.07, 6.45) is 3.46. The molecule has 0 spiro atoms. The third-order valence-corrected chi connectivity index (χ3v) is 5.13. The van der Waals surface area contributed by atoms with Crippen LogP contribution in [0.15, 0.2) is 22.7 Å². The van der Waals surface area contributed by atoms with Crippen LogP contribution in [0.2, 0.25) is 5.02 Å². The second-order valence-electron chi connectivity index (χ2n) is 6.79. The second kappa shape index (κ2) is 9.05. The van der Waals surface area contributed by atoms with Crippen molar-refractivity contribution in [3.8, 4) is 0 Å². The van der Waals surface area contributed by atoms with Gasteiger partial charge in [0.25, 0.3) is 5.91 Å². The zero-order valence-electron chi connectivity index (χ0n) is 13.9. The average molecular weight is 402 g/mol. The standard InChI is InChI=1S/C18H26BrClN2O/c1-13-9-14(2)12-22(11-13)8-4-3-7-21-18(23)16-10-15(19)5-6-17(16)20/h5-6,10,13-14H,3-4,7-9,11-12H2,1-2H3,(H,21,23). The van der Waals surface area contributed by atoms with Gasteiger partial charge in [-0.3, -0.25) is 4.79 Å². The molecular formula is C18H26BrClN2O. The summed E-state index contributed by atoms with van der Waals surface area (Å²) in [6.45, 7) is 8.92. The first kappa shape index (κ1) is 18.8. The molecule has 1 aromatic rings. The Balaban J connectivity index is 1.67. The van der Waals surface area contributed by atoms with Gasteiger partial charge in [0.05, 0.1) is 10.6 Å². The van der Waals surface area contributed by atoms with Gasteiger partial charge in [-0.15, -0.1) is 0 Å². The lowest BCUT2D eigenvalue weighted by Crippen LogP contribution is -2.39. The van der Waals surface area contributed by atoms with Crippen LogP contribution in [0.5, 0.6) is 0 Å². The van der Waals surface area contributed by atoms with E-state index in [0.717, 1.165) is 35.7 Å². The smallest absolute Gasteiger partial charge is 0.252 e. The van der Waals surface area contributed by atoms with Crippen molar-refractivity contribution in [2.75, 3.05) is 26.2 Å². The van der Waals surface area contributed by atoms with Crippen LogP contribution >= 0.6 is 27.5 Å². The van der Waals surface area contributed by atoms with Gasteiger partial charge in [-0.2, -0.15) is 0 Å². The fourth-order valence-corrected chi connectivity index (χ4v) is 3.97. The van der Waals surface area contributed by atoms with Crippen LogP contribution in [-0.4, -0.2) is 37.0 Å². The number of carbonyl (C=O) groups is 1. The summed E-state index contributed by atoms with van der Waals surface area (Å²) in [5.74, 6) is 1.51. The number of halogens is 2. The van der Waals surface area contributed by atoms with E-state index in [9.17, 15) is 4.79 Å². The quantitative estimate of drug-likeness (QED) is 0.707. The lowest BCUT2D eigenvalue weighted by atomic mass is 9.92. The highest BCUT2D eigenvalue weighted by Gasteiger charge is 2.21. The molecule has 1 heterocycles. The predicted octanol–water partition coefficient (Wildman–Crippen LogP) is 4.59. The number of nitrogens with one attached hydrogen (secondary N) is 1. The number of rotatable bonds is 6. The first-order valence-electron chi connectivity index (χ1n) is 8.41. The molecule has 1 aliphatic heterocycles. The van der Waals surface area contributed by atoms with E-state index in [-0.39, 0.29) is 5.91 Å². The number of piperidine rings is 1. The summed E-state index contributed by atoms with van der Waals surface area (Å²) in [5, 5.41) is 3.45. The SMILES string of the molecule is CC1CC(C)CN(CCCCNC(=O)c2cc(Br)ccc2Cl)C1. The molecule has 2 atom stereocenters. The summed E-state index contributed by atoms with van der Waals surface area (Å²) in [4.78, 5) is 14.7. The van der Waals surface area contributed by atoms with Crippen LogP contribution in [0.1, 0.15) is 43.5 Å². The van der Waals surface area contributed by atoms with E-state index in [2.05, 4.69) is 40.0 Å². The number of unbranched alkanes of at least 4 members (excludes halogenated alkanes) is 1. The van der Waals surface area contributed by atoms with Crippen LogP contribution < -0.4 is 5.32 Å². The van der Waals surface area contributed by atoms with Crippen molar-refractivity contribution in [1.29, 1.82) is 0 Å². The molecule has 0 bridgehead atoms. The molecule has 1 saturated heterocycles. The zero-order chi connectivity index (χ0) is 16.8. The van der Waals surface area contributed by atoms with Crippen LogP contribution in [0.4, 0.5) is 0 Å². The zero-order valence-corrected chi connectivity index (χ0v) is 16.3. The van der Waals surface area contributed by atoms with Gasteiger partial charge in [-0.1, -0.05) is 41.4 Å². The Bertz CT molecular complexity index is 528. The number of nitrogens with zero attached hydrogens (tertiary/aromatic N) is 1. The summed E-state index contributed by atoms with van der Waals surface area (Å²) in [7, 11) is 0. The number of likely N-dealkylation sites (tertiary alicyclic amines) is 1. The molecule has 0 aromatic heterocycles. The molecule has 3 nitrogen and oxygen atoms in total. The third-order valence-electron chi connectivity index (χ3n) is 4.30. The monoisotopic (exact) mass is 400 g/mol. The molecule has 2 unspecified atom stereocenters. The van der Waals surface area contributed by atoms with Crippen molar-refractivity contribution in [2.45, 2.75) is 33.1 Å². The second-order valence-corrected chi connectivity index (χ2v) is 8.12. The van der Waals surface area contributed by atoms with E-state index in [4.69, 9.17) is 11.6 Å². The van der Waals surface area contributed by atoms with Gasteiger partial charge in [0, 0.05) is 24.1 Å². The summed E-state index contributed by atoms with van der Waals surface area (Å²) >= 11 is 9.44. The van der Waals surface area contributed by atoms with Crippen LogP contribution in [0.3, 0.4) is 0 Å². The van der Waals surface area contributed by atoms with E-state index in [1.165, 1.54) is 19.5 Å². The number of carbonyl (C=O) groups excluding carboxylic acids is 1. The minimum atomic E-state index is -0.100. The Kier molecular flexibility index (Phi) is 7.38. The maximum atomic E-state index is 12.1. The van der Waals surface area contributed by atoms with Gasteiger partial charge in [0.1, 0.15) is 0 Å². The topological polar surface area (TPSA) is 32.3 Å². The minimum Gasteiger partial charge on any atom is -0.352 e. The van der Waals surface area contributed by atoms with Crippen LogP contribution in [0.25, 0.3) is 0 Å². The minimum absolute atomic E-state index is 0.100. The molecule has 5 heteroatoms. The van der Waals surface area contributed by atoms with Gasteiger partial charge in [0.2, 0.25) is 0 Å². The molecule has 23 heavy (non-hydrogen) atoms. The molecule has 1 N–H and O–H groups in total. The molecule has 0 radical (unpaired) electrons. The van der Waals surface area contributed by atoms with Gasteiger partial charge in [-0.25, -0.2) is 0 Å². The van der Waals surface area contributed by atoms with E-state index in [0.29, 0.717) is 17.1 Å². The van der Waals surface area contributed by atoms with Crippen LogP contribution in [0, 0.1) is 11.8 Å². The van der Waals surface area contributed by atoms with Gasteiger partial charge >= 0.3 is 0 Å². The Labute approximate surface area is 152 Å².